The van der Waals surface area contributed by atoms with Crippen molar-refractivity contribution in [2.45, 2.75) is 0 Å². The van der Waals surface area contributed by atoms with Crippen LogP contribution >= 0.6 is 0 Å². The van der Waals surface area contributed by atoms with Crippen molar-refractivity contribution in [1.29, 1.82) is 0 Å². The van der Waals surface area contributed by atoms with Crippen molar-refractivity contribution >= 4 is 17.5 Å². The largest absolute Gasteiger partial charge is 0.494 e. The fraction of sp³-hybridized carbons (Fsp3) is 0.0909. The van der Waals surface area contributed by atoms with Gasteiger partial charge in [0.25, 0.3) is 5.91 Å². The van der Waals surface area contributed by atoms with E-state index in [9.17, 15) is 14.0 Å². The van der Waals surface area contributed by atoms with E-state index in [-0.39, 0.29) is 18.2 Å². The van der Waals surface area contributed by atoms with Gasteiger partial charge in [0.2, 0.25) is 5.91 Å². The first-order valence-electron chi connectivity index (χ1n) is 8.64. The van der Waals surface area contributed by atoms with E-state index in [1.165, 1.54) is 25.3 Å². The highest BCUT2D eigenvalue weighted by atomic mass is 19.1. The van der Waals surface area contributed by atoms with Gasteiger partial charge in [-0.25, -0.2) is 4.39 Å². The molecule has 0 aliphatic heterocycles. The Bertz CT molecular complexity index is 973. The van der Waals surface area contributed by atoms with E-state index in [1.54, 1.807) is 12.1 Å². The zero-order chi connectivity index (χ0) is 19.9. The first kappa shape index (κ1) is 19.1. The molecular formula is C22H19FN2O3. The smallest absolute Gasteiger partial charge is 0.251 e. The van der Waals surface area contributed by atoms with Crippen LogP contribution in [0, 0.1) is 5.82 Å². The third-order valence-corrected chi connectivity index (χ3v) is 4.10. The van der Waals surface area contributed by atoms with Crippen LogP contribution < -0.4 is 15.4 Å². The van der Waals surface area contributed by atoms with Gasteiger partial charge in [-0.1, -0.05) is 42.5 Å². The van der Waals surface area contributed by atoms with Gasteiger partial charge >= 0.3 is 0 Å². The van der Waals surface area contributed by atoms with Gasteiger partial charge in [0.15, 0.2) is 0 Å². The Kier molecular flexibility index (Phi) is 6.01. The van der Waals surface area contributed by atoms with Crippen LogP contribution in [0.5, 0.6) is 5.75 Å². The van der Waals surface area contributed by atoms with Crippen LogP contribution in [0.25, 0.3) is 11.1 Å². The highest BCUT2D eigenvalue weighted by Gasteiger charge is 2.11. The molecule has 0 bridgehead atoms. The van der Waals surface area contributed by atoms with Crippen LogP contribution in [0.3, 0.4) is 0 Å². The number of methoxy groups -OCH3 is 1. The van der Waals surface area contributed by atoms with E-state index < -0.39 is 11.7 Å². The molecule has 2 N–H and O–H groups in total. The quantitative estimate of drug-likeness (QED) is 0.684. The molecule has 5 nitrogen and oxygen atoms in total. The van der Waals surface area contributed by atoms with E-state index in [2.05, 4.69) is 10.6 Å². The Balaban J connectivity index is 1.57. The third kappa shape index (κ3) is 4.73. The second-order valence-corrected chi connectivity index (χ2v) is 6.02. The SMILES string of the molecule is COc1cc(F)ccc1NC(=O)CNC(=O)c1ccc(-c2ccccc2)cc1. The van der Waals surface area contributed by atoms with Crippen LogP contribution in [-0.2, 0) is 4.79 Å². The molecule has 0 aliphatic carbocycles. The van der Waals surface area contributed by atoms with Gasteiger partial charge in [-0.3, -0.25) is 9.59 Å². The van der Waals surface area contributed by atoms with E-state index in [1.807, 2.05) is 42.5 Å². The average Bonchev–Trinajstić information content (AvgIpc) is 2.74. The number of nitrogens with one attached hydrogen (secondary N) is 2. The molecule has 0 unspecified atom stereocenters. The second kappa shape index (κ2) is 8.81. The highest BCUT2D eigenvalue weighted by molar-refractivity contribution is 6.00. The molecule has 0 aliphatic rings. The van der Waals surface area contributed by atoms with Gasteiger partial charge in [0, 0.05) is 11.6 Å². The molecule has 0 aromatic heterocycles. The maximum atomic E-state index is 13.2. The van der Waals surface area contributed by atoms with Gasteiger partial charge in [-0.15, -0.1) is 0 Å². The Labute approximate surface area is 162 Å². The number of hydrogen-bond donors (Lipinski definition) is 2. The lowest BCUT2D eigenvalue weighted by molar-refractivity contribution is -0.115. The van der Waals surface area contributed by atoms with Crippen molar-refractivity contribution in [3.8, 4) is 16.9 Å². The molecule has 0 atom stereocenters. The summed E-state index contributed by atoms with van der Waals surface area (Å²) >= 11 is 0. The summed E-state index contributed by atoms with van der Waals surface area (Å²) in [5, 5.41) is 5.14. The molecule has 28 heavy (non-hydrogen) atoms. The first-order valence-corrected chi connectivity index (χ1v) is 8.64. The zero-order valence-corrected chi connectivity index (χ0v) is 15.2. The summed E-state index contributed by atoms with van der Waals surface area (Å²) in [4.78, 5) is 24.3. The number of halogens is 1. The van der Waals surface area contributed by atoms with Crippen LogP contribution in [0.15, 0.2) is 72.8 Å². The Hall–Kier alpha value is -3.67. The van der Waals surface area contributed by atoms with Gasteiger partial charge in [-0.05, 0) is 35.4 Å². The second-order valence-electron chi connectivity index (χ2n) is 6.02. The normalized spacial score (nSPS) is 10.2. The number of carbonyl (C=O) groups is 2. The summed E-state index contributed by atoms with van der Waals surface area (Å²) in [7, 11) is 1.38. The van der Waals surface area contributed by atoms with Gasteiger partial charge in [0.05, 0.1) is 19.3 Å². The fourth-order valence-electron chi connectivity index (χ4n) is 2.67. The molecule has 3 aromatic carbocycles. The van der Waals surface area contributed by atoms with Crippen molar-refractivity contribution < 1.29 is 18.7 Å². The number of carbonyl (C=O) groups excluding carboxylic acids is 2. The minimum Gasteiger partial charge on any atom is -0.494 e. The number of rotatable bonds is 6. The molecular weight excluding hydrogens is 359 g/mol. The van der Waals surface area contributed by atoms with Crippen LogP contribution in [0.4, 0.5) is 10.1 Å². The van der Waals surface area contributed by atoms with Crippen molar-refractivity contribution in [1.82, 2.24) is 5.32 Å². The summed E-state index contributed by atoms with van der Waals surface area (Å²) in [6.07, 6.45) is 0. The lowest BCUT2D eigenvalue weighted by Crippen LogP contribution is -2.32. The number of benzene rings is 3. The molecule has 3 aromatic rings. The molecule has 0 fully saturated rings. The standard InChI is InChI=1S/C22H19FN2O3/c1-28-20-13-18(23)11-12-19(20)25-21(26)14-24-22(27)17-9-7-16(8-10-17)15-5-3-2-4-6-15/h2-13H,14H2,1H3,(H,24,27)(H,25,26). The highest BCUT2D eigenvalue weighted by Crippen LogP contribution is 2.24. The topological polar surface area (TPSA) is 67.4 Å². The summed E-state index contributed by atoms with van der Waals surface area (Å²) in [5.74, 6) is -1.07. The van der Waals surface area contributed by atoms with Crippen molar-refractivity contribution in [3.05, 3.63) is 84.2 Å². The fourth-order valence-corrected chi connectivity index (χ4v) is 2.67. The van der Waals surface area contributed by atoms with E-state index in [4.69, 9.17) is 4.74 Å². The average molecular weight is 378 g/mol. The number of hydrogen-bond acceptors (Lipinski definition) is 3. The van der Waals surface area contributed by atoms with Crippen LogP contribution in [-0.4, -0.2) is 25.5 Å². The van der Waals surface area contributed by atoms with Crippen LogP contribution in [0.2, 0.25) is 0 Å². The van der Waals surface area contributed by atoms with Crippen LogP contribution in [0.1, 0.15) is 10.4 Å². The predicted octanol–water partition coefficient (Wildman–Crippen LogP) is 3.87. The minimum absolute atomic E-state index is 0.205. The van der Waals surface area contributed by atoms with Crippen molar-refractivity contribution in [2.24, 2.45) is 0 Å². The Morgan fingerprint density at radius 2 is 1.61 bits per heavy atom. The molecule has 142 valence electrons. The van der Waals surface area contributed by atoms with E-state index in [0.717, 1.165) is 11.1 Å². The maximum absolute atomic E-state index is 13.2. The monoisotopic (exact) mass is 378 g/mol. The molecule has 0 radical (unpaired) electrons. The molecule has 0 spiro atoms. The molecule has 0 saturated heterocycles. The predicted molar refractivity (Wildman–Crippen MR) is 106 cm³/mol. The molecule has 0 heterocycles. The van der Waals surface area contributed by atoms with Crippen molar-refractivity contribution in [2.75, 3.05) is 19.0 Å². The molecule has 6 heteroatoms. The molecule has 2 amide bonds. The number of anilines is 1. The molecule has 0 saturated carbocycles. The zero-order valence-electron chi connectivity index (χ0n) is 15.2. The van der Waals surface area contributed by atoms with Crippen molar-refractivity contribution in [3.63, 3.8) is 0 Å². The van der Waals surface area contributed by atoms with Gasteiger partial charge in [0.1, 0.15) is 11.6 Å². The molecule has 3 rings (SSSR count). The third-order valence-electron chi connectivity index (χ3n) is 4.10. The van der Waals surface area contributed by atoms with Gasteiger partial charge in [-0.2, -0.15) is 0 Å². The minimum atomic E-state index is -0.470. The Morgan fingerprint density at radius 3 is 2.29 bits per heavy atom. The summed E-state index contributed by atoms with van der Waals surface area (Å²) in [6, 6.07) is 20.7. The Morgan fingerprint density at radius 1 is 0.929 bits per heavy atom. The maximum Gasteiger partial charge on any atom is 0.251 e. The summed E-state index contributed by atoms with van der Waals surface area (Å²) < 4.78 is 18.2. The first-order chi connectivity index (χ1) is 13.6. The summed E-state index contributed by atoms with van der Waals surface area (Å²) in [6.45, 7) is -0.222. The lowest BCUT2D eigenvalue weighted by Gasteiger charge is -2.11. The number of ether oxygens (including phenoxy) is 1. The van der Waals surface area contributed by atoms with Gasteiger partial charge < -0.3 is 15.4 Å². The van der Waals surface area contributed by atoms with E-state index >= 15 is 0 Å². The van der Waals surface area contributed by atoms with E-state index in [0.29, 0.717) is 11.3 Å². The summed E-state index contributed by atoms with van der Waals surface area (Å²) in [5.41, 5.74) is 2.84. The lowest BCUT2D eigenvalue weighted by atomic mass is 10.0. The number of amides is 2.